The highest BCUT2D eigenvalue weighted by atomic mass is 32.1. The van der Waals surface area contributed by atoms with Crippen molar-refractivity contribution in [2.45, 2.75) is 86.1 Å². The van der Waals surface area contributed by atoms with Gasteiger partial charge in [0, 0.05) is 17.3 Å². The van der Waals surface area contributed by atoms with Crippen molar-refractivity contribution in [3.8, 4) is 0 Å². The molecule has 1 amide bonds. The van der Waals surface area contributed by atoms with Crippen LogP contribution in [0.1, 0.15) is 79.7 Å². The lowest BCUT2D eigenvalue weighted by Crippen LogP contribution is -2.42. The topological polar surface area (TPSA) is 71.7 Å². The molecule has 6 heteroatoms. The number of amides is 1. The Hall–Kier alpha value is -1.43. The highest BCUT2D eigenvalue weighted by Crippen LogP contribution is 2.56. The molecule has 1 heterocycles. The van der Waals surface area contributed by atoms with Gasteiger partial charge in [0.15, 0.2) is 0 Å². The van der Waals surface area contributed by atoms with Crippen molar-refractivity contribution in [2.24, 2.45) is 21.7 Å². The van der Waals surface area contributed by atoms with Crippen molar-refractivity contribution in [3.63, 3.8) is 0 Å². The second-order valence-electron chi connectivity index (χ2n) is 9.55. The number of unbranched alkanes of at least 4 members (excludes halogenated alkanes) is 1. The maximum atomic E-state index is 13.2. The van der Waals surface area contributed by atoms with Crippen LogP contribution in [0.5, 0.6) is 0 Å². The molecular formula is C21H34N2O3S. The molecule has 2 rings (SSSR count). The minimum Gasteiger partial charge on any atom is -0.481 e. The smallest absolute Gasteiger partial charge is 0.307 e. The summed E-state index contributed by atoms with van der Waals surface area (Å²) in [6, 6.07) is 0. The number of carboxylic acids is 1. The molecule has 27 heavy (non-hydrogen) atoms. The molecule has 0 spiro atoms. The van der Waals surface area contributed by atoms with Crippen molar-refractivity contribution in [1.82, 2.24) is 3.96 Å². The van der Waals surface area contributed by atoms with Crippen LogP contribution >= 0.6 is 11.5 Å². The zero-order valence-corrected chi connectivity index (χ0v) is 18.6. The lowest BCUT2D eigenvalue weighted by atomic mass is 9.65. The molecule has 1 aliphatic rings. The van der Waals surface area contributed by atoms with E-state index in [0.29, 0.717) is 12.8 Å². The zero-order chi connectivity index (χ0) is 20.6. The van der Waals surface area contributed by atoms with Gasteiger partial charge in [0.25, 0.3) is 5.91 Å². The number of aromatic nitrogens is 1. The number of hydrogen-bond donors (Lipinski definition) is 1. The summed E-state index contributed by atoms with van der Waals surface area (Å²) in [6.07, 6.45) is 6.25. The van der Waals surface area contributed by atoms with E-state index in [1.54, 1.807) is 0 Å². The Balaban J connectivity index is 2.47. The van der Waals surface area contributed by atoms with Gasteiger partial charge in [-0.15, -0.1) is 0 Å². The molecule has 0 unspecified atom stereocenters. The normalized spacial score (nSPS) is 25.7. The first-order valence-electron chi connectivity index (χ1n) is 9.89. The first-order valence-corrected chi connectivity index (χ1v) is 10.7. The van der Waals surface area contributed by atoms with Crippen LogP contribution < -0.4 is 4.67 Å². The summed E-state index contributed by atoms with van der Waals surface area (Å²) in [6.45, 7) is 14.2. The molecule has 1 fully saturated rings. The number of carbonyl (C=O) groups is 2. The van der Waals surface area contributed by atoms with Gasteiger partial charge in [-0.1, -0.05) is 34.1 Å². The van der Waals surface area contributed by atoms with E-state index in [-0.39, 0.29) is 11.4 Å². The molecule has 2 atom stereocenters. The maximum Gasteiger partial charge on any atom is 0.307 e. The summed E-state index contributed by atoms with van der Waals surface area (Å²) in [7, 11) is 0. The average Bonchev–Trinajstić information content (AvgIpc) is 3.05. The Labute approximate surface area is 166 Å². The van der Waals surface area contributed by atoms with Crippen molar-refractivity contribution in [2.75, 3.05) is 0 Å². The van der Waals surface area contributed by atoms with Gasteiger partial charge in [-0.2, -0.15) is 0 Å². The van der Waals surface area contributed by atoms with Crippen LogP contribution in [-0.2, 0) is 21.5 Å². The first kappa shape index (κ1) is 21.9. The van der Waals surface area contributed by atoms with Gasteiger partial charge in [-0.3, -0.25) is 13.5 Å². The fourth-order valence-electron chi connectivity index (χ4n) is 3.87. The highest BCUT2D eigenvalue weighted by molar-refractivity contribution is 7.04. The van der Waals surface area contributed by atoms with E-state index in [1.807, 2.05) is 20.8 Å². The highest BCUT2D eigenvalue weighted by Gasteiger charge is 2.58. The summed E-state index contributed by atoms with van der Waals surface area (Å²) < 4.78 is 2.94. The van der Waals surface area contributed by atoms with E-state index in [9.17, 15) is 14.7 Å². The molecule has 1 saturated carbocycles. The maximum absolute atomic E-state index is 13.2. The van der Waals surface area contributed by atoms with Crippen molar-refractivity contribution < 1.29 is 14.7 Å². The molecule has 0 aromatic carbocycles. The van der Waals surface area contributed by atoms with Crippen LogP contribution in [0.4, 0.5) is 0 Å². The number of hydrogen-bond acceptors (Lipinski definition) is 3. The molecule has 0 saturated heterocycles. The summed E-state index contributed by atoms with van der Waals surface area (Å²) in [5, 5.41) is 9.54. The summed E-state index contributed by atoms with van der Waals surface area (Å²) in [5.74, 6) is -1.51. The monoisotopic (exact) mass is 394 g/mol. The zero-order valence-electron chi connectivity index (χ0n) is 17.8. The SMILES string of the molecule is CCCCc1cn(C(C)(C)C)sc1=NC(=O)[C@@]1(C)CC[C@@H](C(=O)O)C1(C)C. The van der Waals surface area contributed by atoms with Crippen LogP contribution in [0.25, 0.3) is 0 Å². The quantitative estimate of drug-likeness (QED) is 0.793. The van der Waals surface area contributed by atoms with E-state index in [0.717, 1.165) is 29.5 Å². The van der Waals surface area contributed by atoms with Gasteiger partial charge >= 0.3 is 5.97 Å². The average molecular weight is 395 g/mol. The standard InChI is InChI=1S/C21H34N2O3S/c1-8-9-10-14-13-23(19(2,3)4)27-16(14)22-18(26)21(7)12-11-15(17(24)25)20(21,5)6/h13,15H,8-12H2,1-7H3,(H,24,25)/t15-,21+/m0/s1. The lowest BCUT2D eigenvalue weighted by molar-refractivity contribution is -0.148. The predicted molar refractivity (Wildman–Crippen MR) is 109 cm³/mol. The Kier molecular flexibility index (Phi) is 6.10. The van der Waals surface area contributed by atoms with Crippen molar-refractivity contribution in [1.29, 1.82) is 0 Å². The molecule has 0 aliphatic heterocycles. The molecule has 0 bridgehead atoms. The molecule has 5 nitrogen and oxygen atoms in total. The molecule has 1 N–H and O–H groups in total. The fourth-order valence-corrected chi connectivity index (χ4v) is 4.90. The van der Waals surface area contributed by atoms with Crippen LogP contribution in [0.3, 0.4) is 0 Å². The van der Waals surface area contributed by atoms with Crippen molar-refractivity contribution in [3.05, 3.63) is 16.4 Å². The number of aryl methyl sites for hydroxylation is 1. The predicted octanol–water partition coefficient (Wildman–Crippen LogP) is 4.60. The molecule has 1 aliphatic carbocycles. The fraction of sp³-hybridized carbons (Fsp3) is 0.762. The molecule has 152 valence electrons. The molecule has 0 radical (unpaired) electrons. The Morgan fingerprint density at radius 2 is 1.96 bits per heavy atom. The van der Waals surface area contributed by atoms with Crippen LogP contribution in [0.15, 0.2) is 11.2 Å². The summed E-state index contributed by atoms with van der Waals surface area (Å²) in [5.41, 5.74) is -0.332. The third-order valence-corrected chi connectivity index (χ3v) is 7.77. The minimum absolute atomic E-state index is 0.0621. The van der Waals surface area contributed by atoms with E-state index < -0.39 is 22.7 Å². The van der Waals surface area contributed by atoms with Gasteiger partial charge in [-0.05, 0) is 63.4 Å². The Morgan fingerprint density at radius 3 is 2.44 bits per heavy atom. The van der Waals surface area contributed by atoms with Crippen molar-refractivity contribution >= 4 is 23.4 Å². The number of nitrogens with zero attached hydrogens (tertiary/aromatic N) is 2. The minimum atomic E-state index is -0.818. The summed E-state index contributed by atoms with van der Waals surface area (Å²) >= 11 is 1.52. The van der Waals surface area contributed by atoms with E-state index in [4.69, 9.17) is 0 Å². The number of carboxylic acid groups (broad SMARTS) is 1. The van der Waals surface area contributed by atoms with Crippen LogP contribution in [0, 0.1) is 16.7 Å². The second kappa shape index (κ2) is 7.53. The van der Waals surface area contributed by atoms with Gasteiger partial charge < -0.3 is 5.11 Å². The van der Waals surface area contributed by atoms with Gasteiger partial charge in [0.1, 0.15) is 4.67 Å². The molecule has 1 aromatic heterocycles. The van der Waals surface area contributed by atoms with Crippen LogP contribution in [0.2, 0.25) is 0 Å². The number of rotatable bonds is 5. The van der Waals surface area contributed by atoms with E-state index in [2.05, 4.69) is 42.8 Å². The summed E-state index contributed by atoms with van der Waals surface area (Å²) in [4.78, 5) is 29.4. The number of carbonyl (C=O) groups excluding carboxylic acids is 1. The van der Waals surface area contributed by atoms with Gasteiger partial charge in [0.05, 0.1) is 11.3 Å². The van der Waals surface area contributed by atoms with Crippen LogP contribution in [-0.4, -0.2) is 20.9 Å². The molecular weight excluding hydrogens is 360 g/mol. The first-order chi connectivity index (χ1) is 12.3. The van der Waals surface area contributed by atoms with Gasteiger partial charge in [0.2, 0.25) is 0 Å². The Bertz CT molecular complexity index is 782. The third kappa shape index (κ3) is 4.05. The molecule has 1 aromatic rings. The van der Waals surface area contributed by atoms with E-state index in [1.165, 1.54) is 11.5 Å². The second-order valence-corrected chi connectivity index (χ2v) is 10.5. The lowest BCUT2D eigenvalue weighted by Gasteiger charge is -2.37. The third-order valence-electron chi connectivity index (χ3n) is 6.39. The van der Waals surface area contributed by atoms with E-state index >= 15 is 0 Å². The number of aliphatic carboxylic acids is 1. The van der Waals surface area contributed by atoms with Gasteiger partial charge in [-0.25, -0.2) is 4.99 Å². The largest absolute Gasteiger partial charge is 0.481 e. The Morgan fingerprint density at radius 1 is 1.33 bits per heavy atom.